The van der Waals surface area contributed by atoms with E-state index in [4.69, 9.17) is 9.47 Å². The number of pyridine rings is 1. The first-order valence-corrected chi connectivity index (χ1v) is 9.03. The molecule has 0 aliphatic carbocycles. The van der Waals surface area contributed by atoms with Gasteiger partial charge < -0.3 is 29.6 Å². The lowest BCUT2D eigenvalue weighted by atomic mass is 10.1. The molecule has 0 fully saturated rings. The highest BCUT2D eigenvalue weighted by molar-refractivity contribution is 6.03. The number of aryl methyl sites for hydroxylation is 1. The summed E-state index contributed by atoms with van der Waals surface area (Å²) in [6.07, 6.45) is 2.87. The van der Waals surface area contributed by atoms with E-state index >= 15 is 0 Å². The standard InChI is InChI=1S/C22H22N2O6/c1-12-20(26)15-7-6-14(11-16(15)24(2)22(12)28)23-19(25)8-5-13-9-17(29-3)21(27)18(10-13)30-4/h5-11,26-27H,1-4H3,(H,23,25)/b8-5+. The first-order chi connectivity index (χ1) is 14.3. The van der Waals surface area contributed by atoms with Crippen molar-refractivity contribution in [1.29, 1.82) is 0 Å². The zero-order valence-electron chi connectivity index (χ0n) is 17.0. The van der Waals surface area contributed by atoms with Crippen LogP contribution in [0.3, 0.4) is 0 Å². The molecule has 156 valence electrons. The molecule has 0 spiro atoms. The van der Waals surface area contributed by atoms with Crippen LogP contribution in [0.15, 0.2) is 41.2 Å². The zero-order chi connectivity index (χ0) is 22.0. The Morgan fingerprint density at radius 1 is 1.07 bits per heavy atom. The Morgan fingerprint density at radius 2 is 1.70 bits per heavy atom. The minimum atomic E-state index is -0.401. The second-order valence-electron chi connectivity index (χ2n) is 6.67. The summed E-state index contributed by atoms with van der Waals surface area (Å²) >= 11 is 0. The quantitative estimate of drug-likeness (QED) is 0.558. The van der Waals surface area contributed by atoms with Crippen LogP contribution in [0.1, 0.15) is 11.1 Å². The molecule has 0 saturated heterocycles. The third-order valence-electron chi connectivity index (χ3n) is 4.79. The van der Waals surface area contributed by atoms with E-state index < -0.39 is 5.91 Å². The van der Waals surface area contributed by atoms with Gasteiger partial charge in [0.1, 0.15) is 5.75 Å². The van der Waals surface area contributed by atoms with Crippen molar-refractivity contribution in [3.05, 3.63) is 57.9 Å². The number of ether oxygens (including phenoxy) is 2. The first-order valence-electron chi connectivity index (χ1n) is 9.03. The van der Waals surface area contributed by atoms with Crippen LogP contribution in [0.25, 0.3) is 17.0 Å². The summed E-state index contributed by atoms with van der Waals surface area (Å²) in [6, 6.07) is 8.04. The maximum Gasteiger partial charge on any atom is 0.257 e. The largest absolute Gasteiger partial charge is 0.507 e. The number of aromatic hydroxyl groups is 2. The number of aromatic nitrogens is 1. The lowest BCUT2D eigenvalue weighted by Gasteiger charge is -2.11. The van der Waals surface area contributed by atoms with Gasteiger partial charge >= 0.3 is 0 Å². The molecule has 1 aromatic heterocycles. The highest BCUT2D eigenvalue weighted by atomic mass is 16.5. The molecule has 0 unspecified atom stereocenters. The Kier molecular flexibility index (Phi) is 5.68. The molecule has 0 atom stereocenters. The average molecular weight is 410 g/mol. The van der Waals surface area contributed by atoms with Crippen LogP contribution in [0.5, 0.6) is 23.0 Å². The summed E-state index contributed by atoms with van der Waals surface area (Å²) in [7, 11) is 4.44. The predicted molar refractivity (Wildman–Crippen MR) is 114 cm³/mol. The third kappa shape index (κ3) is 3.80. The smallest absolute Gasteiger partial charge is 0.257 e. The number of hydrogen-bond donors (Lipinski definition) is 3. The van der Waals surface area contributed by atoms with Gasteiger partial charge in [-0.25, -0.2) is 0 Å². The van der Waals surface area contributed by atoms with E-state index in [1.165, 1.54) is 24.9 Å². The number of anilines is 1. The van der Waals surface area contributed by atoms with Crippen molar-refractivity contribution in [2.45, 2.75) is 6.92 Å². The van der Waals surface area contributed by atoms with Crippen molar-refractivity contribution in [2.24, 2.45) is 7.05 Å². The first kappa shape index (κ1) is 20.8. The number of phenolic OH excluding ortho intramolecular Hbond substituents is 1. The highest BCUT2D eigenvalue weighted by Gasteiger charge is 2.12. The maximum atomic E-state index is 12.3. The van der Waals surface area contributed by atoms with Crippen molar-refractivity contribution in [3.8, 4) is 23.0 Å². The Hall–Kier alpha value is -3.94. The number of nitrogens with zero attached hydrogens (tertiary/aromatic N) is 1. The summed E-state index contributed by atoms with van der Waals surface area (Å²) in [5, 5.41) is 23.4. The number of nitrogens with one attached hydrogen (secondary N) is 1. The molecule has 8 heteroatoms. The molecule has 3 N–H and O–H groups in total. The number of amides is 1. The zero-order valence-corrected chi connectivity index (χ0v) is 17.0. The van der Waals surface area contributed by atoms with Crippen molar-refractivity contribution in [3.63, 3.8) is 0 Å². The summed E-state index contributed by atoms with van der Waals surface area (Å²) in [5.41, 5.74) is 1.52. The van der Waals surface area contributed by atoms with Crippen LogP contribution in [0.4, 0.5) is 5.69 Å². The molecule has 0 aliphatic heterocycles. The molecule has 1 heterocycles. The Morgan fingerprint density at radius 3 is 2.30 bits per heavy atom. The number of methoxy groups -OCH3 is 2. The predicted octanol–water partition coefficient (Wildman–Crippen LogP) is 2.93. The van der Waals surface area contributed by atoms with E-state index in [0.29, 0.717) is 22.2 Å². The molecule has 0 bridgehead atoms. The van der Waals surface area contributed by atoms with Gasteiger partial charge in [-0.05, 0) is 48.9 Å². The van der Waals surface area contributed by atoms with Crippen LogP contribution in [0, 0.1) is 6.92 Å². The van der Waals surface area contributed by atoms with Crippen molar-refractivity contribution in [2.75, 3.05) is 19.5 Å². The number of phenols is 1. The molecule has 8 nitrogen and oxygen atoms in total. The molecule has 0 saturated carbocycles. The van der Waals surface area contributed by atoms with E-state index in [1.54, 1.807) is 50.4 Å². The van der Waals surface area contributed by atoms with Crippen LogP contribution < -0.4 is 20.3 Å². The minimum absolute atomic E-state index is 0.0684. The van der Waals surface area contributed by atoms with Gasteiger partial charge in [0.15, 0.2) is 11.5 Å². The molecule has 2 aromatic carbocycles. The van der Waals surface area contributed by atoms with E-state index in [-0.39, 0.29) is 34.1 Å². The van der Waals surface area contributed by atoms with E-state index in [1.807, 2.05) is 0 Å². The lowest BCUT2D eigenvalue weighted by molar-refractivity contribution is -0.111. The SMILES string of the molecule is COc1cc(/C=C/C(=O)Nc2ccc3c(O)c(C)c(=O)n(C)c3c2)cc(OC)c1O. The van der Waals surface area contributed by atoms with Crippen LogP contribution in [-0.4, -0.2) is 34.9 Å². The van der Waals surface area contributed by atoms with Gasteiger partial charge in [-0.15, -0.1) is 0 Å². The van der Waals surface area contributed by atoms with Gasteiger partial charge in [-0.2, -0.15) is 0 Å². The monoisotopic (exact) mass is 410 g/mol. The van der Waals surface area contributed by atoms with Gasteiger partial charge in [0, 0.05) is 24.2 Å². The van der Waals surface area contributed by atoms with E-state index in [2.05, 4.69) is 5.32 Å². The van der Waals surface area contributed by atoms with Crippen molar-refractivity contribution in [1.82, 2.24) is 4.57 Å². The molecular weight excluding hydrogens is 388 g/mol. The summed E-state index contributed by atoms with van der Waals surface area (Å²) in [4.78, 5) is 24.5. The number of hydrogen-bond acceptors (Lipinski definition) is 6. The van der Waals surface area contributed by atoms with Crippen molar-refractivity contribution >= 4 is 28.6 Å². The molecular formula is C22H22N2O6. The van der Waals surface area contributed by atoms with Crippen molar-refractivity contribution < 1.29 is 24.5 Å². The van der Waals surface area contributed by atoms with E-state index in [0.717, 1.165) is 0 Å². The van der Waals surface area contributed by atoms with Gasteiger partial charge in [-0.3, -0.25) is 9.59 Å². The summed E-state index contributed by atoms with van der Waals surface area (Å²) in [6.45, 7) is 1.56. The maximum absolute atomic E-state index is 12.3. The van der Waals surface area contributed by atoms with Gasteiger partial charge in [0.05, 0.1) is 25.3 Å². The molecule has 1 amide bonds. The average Bonchev–Trinajstić information content (AvgIpc) is 2.75. The normalized spacial score (nSPS) is 11.1. The van der Waals surface area contributed by atoms with E-state index in [9.17, 15) is 19.8 Å². The fourth-order valence-corrected chi connectivity index (χ4v) is 3.12. The number of carbonyl (C=O) groups is 1. The second kappa shape index (κ2) is 8.20. The second-order valence-corrected chi connectivity index (χ2v) is 6.67. The highest BCUT2D eigenvalue weighted by Crippen LogP contribution is 2.37. The van der Waals surface area contributed by atoms with Crippen LogP contribution in [-0.2, 0) is 11.8 Å². The van der Waals surface area contributed by atoms with Gasteiger partial charge in [-0.1, -0.05) is 0 Å². The fraction of sp³-hybridized carbons (Fsp3) is 0.182. The minimum Gasteiger partial charge on any atom is -0.507 e. The molecule has 0 radical (unpaired) electrons. The number of carbonyl (C=O) groups excluding carboxylic acids is 1. The van der Waals surface area contributed by atoms with Gasteiger partial charge in [0.2, 0.25) is 11.7 Å². The van der Waals surface area contributed by atoms with Crippen LogP contribution >= 0.6 is 0 Å². The molecule has 3 aromatic rings. The summed E-state index contributed by atoms with van der Waals surface area (Å²) < 4.78 is 11.6. The molecule has 30 heavy (non-hydrogen) atoms. The van der Waals surface area contributed by atoms with Gasteiger partial charge in [0.25, 0.3) is 5.56 Å². The number of rotatable bonds is 5. The Balaban J connectivity index is 1.86. The lowest BCUT2D eigenvalue weighted by Crippen LogP contribution is -2.19. The topological polar surface area (TPSA) is 110 Å². The molecule has 0 aliphatic rings. The number of fused-ring (bicyclic) bond motifs is 1. The molecule has 3 rings (SSSR count). The Bertz CT molecular complexity index is 1200. The fourth-order valence-electron chi connectivity index (χ4n) is 3.12. The number of benzene rings is 2. The third-order valence-corrected chi connectivity index (χ3v) is 4.79. The Labute approximate surface area is 172 Å². The van der Waals surface area contributed by atoms with Crippen LogP contribution in [0.2, 0.25) is 0 Å². The summed E-state index contributed by atoms with van der Waals surface area (Å²) in [5.74, 6) is -0.149.